The predicted octanol–water partition coefficient (Wildman–Crippen LogP) is 1.07. The van der Waals surface area contributed by atoms with Crippen LogP contribution in [0.2, 0.25) is 0 Å². The first-order valence-electron chi connectivity index (χ1n) is 8.26. The van der Waals surface area contributed by atoms with Gasteiger partial charge in [0, 0.05) is 51.9 Å². The fourth-order valence-electron chi connectivity index (χ4n) is 3.37. The van der Waals surface area contributed by atoms with Crippen molar-refractivity contribution in [2.75, 3.05) is 45.8 Å². The van der Waals surface area contributed by atoms with E-state index in [1.165, 1.54) is 6.54 Å². The summed E-state index contributed by atoms with van der Waals surface area (Å²) in [6.07, 6.45) is 0.982. The van der Waals surface area contributed by atoms with Gasteiger partial charge in [-0.05, 0) is 26.2 Å². The third-order valence-electron chi connectivity index (χ3n) is 4.63. The normalized spacial score (nSPS) is 27.0. The van der Waals surface area contributed by atoms with Crippen LogP contribution in [0.4, 0.5) is 0 Å². The van der Waals surface area contributed by atoms with Crippen LogP contribution in [0.1, 0.15) is 34.1 Å². The highest BCUT2D eigenvalue weighted by molar-refractivity contribution is 7.89. The Morgan fingerprint density at radius 3 is 2.14 bits per heavy atom. The van der Waals surface area contributed by atoms with Gasteiger partial charge in [-0.3, -0.25) is 4.90 Å². The van der Waals surface area contributed by atoms with Crippen molar-refractivity contribution in [3.8, 4) is 0 Å². The van der Waals surface area contributed by atoms with Crippen LogP contribution in [0.3, 0.4) is 0 Å². The fourth-order valence-corrected chi connectivity index (χ4v) is 4.70. The van der Waals surface area contributed by atoms with Crippen LogP contribution in [-0.2, 0) is 10.0 Å². The molecule has 2 saturated heterocycles. The molecule has 0 amide bonds. The lowest BCUT2D eigenvalue weighted by Crippen LogP contribution is -2.51. The van der Waals surface area contributed by atoms with Crippen LogP contribution in [0.5, 0.6) is 0 Å². The molecule has 2 heterocycles. The highest BCUT2D eigenvalue weighted by atomic mass is 32.2. The monoisotopic (exact) mass is 317 g/mol. The SMILES string of the molecule is CC(C)CN1CCN(C2CCN(S(=O)(=O)C(C)C)C2)CC1. The van der Waals surface area contributed by atoms with Crippen LogP contribution in [0.25, 0.3) is 0 Å². The third kappa shape index (κ3) is 4.18. The third-order valence-corrected chi connectivity index (χ3v) is 6.87. The van der Waals surface area contributed by atoms with E-state index in [1.807, 2.05) is 0 Å². The van der Waals surface area contributed by atoms with Gasteiger partial charge >= 0.3 is 0 Å². The van der Waals surface area contributed by atoms with Crippen molar-refractivity contribution >= 4 is 10.0 Å². The van der Waals surface area contributed by atoms with E-state index >= 15 is 0 Å². The maximum atomic E-state index is 12.2. The van der Waals surface area contributed by atoms with E-state index in [2.05, 4.69) is 23.6 Å². The topological polar surface area (TPSA) is 43.9 Å². The summed E-state index contributed by atoms with van der Waals surface area (Å²) in [5, 5.41) is -0.306. The van der Waals surface area contributed by atoms with E-state index in [0.717, 1.165) is 38.5 Å². The summed E-state index contributed by atoms with van der Waals surface area (Å²) in [5.41, 5.74) is 0. The molecule has 1 atom stereocenters. The average Bonchev–Trinajstić information content (AvgIpc) is 2.89. The summed E-state index contributed by atoms with van der Waals surface area (Å²) < 4.78 is 26.2. The number of sulfonamides is 1. The van der Waals surface area contributed by atoms with Crippen molar-refractivity contribution in [1.29, 1.82) is 0 Å². The minimum Gasteiger partial charge on any atom is -0.301 e. The molecule has 5 nitrogen and oxygen atoms in total. The van der Waals surface area contributed by atoms with Gasteiger partial charge in [0.05, 0.1) is 5.25 Å². The maximum absolute atomic E-state index is 12.2. The molecular formula is C15H31N3O2S. The van der Waals surface area contributed by atoms with Crippen molar-refractivity contribution in [2.24, 2.45) is 5.92 Å². The second kappa shape index (κ2) is 6.94. The lowest BCUT2D eigenvalue weighted by atomic mass is 10.1. The highest BCUT2D eigenvalue weighted by Gasteiger charge is 2.36. The van der Waals surface area contributed by atoms with Crippen LogP contribution >= 0.6 is 0 Å². The molecule has 0 aliphatic carbocycles. The standard InChI is InChI=1S/C15H31N3O2S/c1-13(2)11-16-7-9-17(10-8-16)15-5-6-18(12-15)21(19,20)14(3)4/h13-15H,5-12H2,1-4H3. The molecule has 21 heavy (non-hydrogen) atoms. The molecule has 0 N–H and O–H groups in total. The Kier molecular flexibility index (Phi) is 5.68. The fraction of sp³-hybridized carbons (Fsp3) is 1.00. The van der Waals surface area contributed by atoms with Gasteiger partial charge in [0.25, 0.3) is 0 Å². The number of rotatable bonds is 5. The molecule has 0 aromatic heterocycles. The van der Waals surface area contributed by atoms with E-state index in [4.69, 9.17) is 0 Å². The molecule has 0 aromatic rings. The summed E-state index contributed by atoms with van der Waals surface area (Å²) in [4.78, 5) is 5.02. The van der Waals surface area contributed by atoms with Crippen molar-refractivity contribution in [1.82, 2.24) is 14.1 Å². The molecule has 6 heteroatoms. The molecule has 0 spiro atoms. The Labute approximate surface area is 130 Å². The van der Waals surface area contributed by atoms with Crippen molar-refractivity contribution in [3.05, 3.63) is 0 Å². The van der Waals surface area contributed by atoms with Gasteiger partial charge < -0.3 is 4.90 Å². The highest BCUT2D eigenvalue weighted by Crippen LogP contribution is 2.22. The molecular weight excluding hydrogens is 286 g/mol. The van der Waals surface area contributed by atoms with Crippen LogP contribution in [-0.4, -0.2) is 79.6 Å². The van der Waals surface area contributed by atoms with Gasteiger partial charge in [-0.25, -0.2) is 12.7 Å². The molecule has 2 aliphatic heterocycles. The van der Waals surface area contributed by atoms with E-state index in [1.54, 1.807) is 18.2 Å². The predicted molar refractivity (Wildman–Crippen MR) is 86.9 cm³/mol. The minimum atomic E-state index is -3.08. The Balaban J connectivity index is 1.84. The number of piperazine rings is 1. The summed E-state index contributed by atoms with van der Waals surface area (Å²) in [7, 11) is -3.08. The first-order chi connectivity index (χ1) is 9.80. The van der Waals surface area contributed by atoms with E-state index in [9.17, 15) is 8.42 Å². The van der Waals surface area contributed by atoms with Gasteiger partial charge in [-0.2, -0.15) is 0 Å². The Morgan fingerprint density at radius 2 is 1.62 bits per heavy atom. The summed E-state index contributed by atoms with van der Waals surface area (Å²) in [5.74, 6) is 0.717. The molecule has 0 bridgehead atoms. The quantitative estimate of drug-likeness (QED) is 0.761. The van der Waals surface area contributed by atoms with Crippen molar-refractivity contribution < 1.29 is 8.42 Å². The molecule has 2 fully saturated rings. The van der Waals surface area contributed by atoms with Gasteiger partial charge in [-0.1, -0.05) is 13.8 Å². The van der Waals surface area contributed by atoms with E-state index in [0.29, 0.717) is 19.1 Å². The Hall–Kier alpha value is -0.170. The molecule has 124 valence electrons. The van der Waals surface area contributed by atoms with Crippen molar-refractivity contribution in [3.63, 3.8) is 0 Å². The summed E-state index contributed by atoms with van der Waals surface area (Å²) in [6.45, 7) is 15.0. The van der Waals surface area contributed by atoms with Crippen LogP contribution in [0.15, 0.2) is 0 Å². The van der Waals surface area contributed by atoms with Crippen LogP contribution < -0.4 is 0 Å². The summed E-state index contributed by atoms with van der Waals surface area (Å²) >= 11 is 0. The number of hydrogen-bond donors (Lipinski definition) is 0. The van der Waals surface area contributed by atoms with Gasteiger partial charge in [0.1, 0.15) is 0 Å². The summed E-state index contributed by atoms with van der Waals surface area (Å²) in [6, 6.07) is 0.416. The minimum absolute atomic E-state index is 0.306. The zero-order valence-corrected chi connectivity index (χ0v) is 14.8. The zero-order valence-electron chi connectivity index (χ0n) is 14.0. The first-order valence-corrected chi connectivity index (χ1v) is 9.76. The van der Waals surface area contributed by atoms with Crippen LogP contribution in [0, 0.1) is 5.92 Å². The molecule has 2 aliphatic rings. The molecule has 1 unspecified atom stereocenters. The lowest BCUT2D eigenvalue weighted by Gasteiger charge is -2.38. The molecule has 0 saturated carbocycles. The van der Waals surface area contributed by atoms with Crippen molar-refractivity contribution in [2.45, 2.75) is 45.4 Å². The zero-order chi connectivity index (χ0) is 15.6. The number of hydrogen-bond acceptors (Lipinski definition) is 4. The number of nitrogens with zero attached hydrogens (tertiary/aromatic N) is 3. The van der Waals surface area contributed by atoms with E-state index < -0.39 is 10.0 Å². The molecule has 2 rings (SSSR count). The second-order valence-electron chi connectivity index (χ2n) is 7.12. The first kappa shape index (κ1) is 17.2. The van der Waals surface area contributed by atoms with E-state index in [-0.39, 0.29) is 5.25 Å². The van der Waals surface area contributed by atoms with Gasteiger partial charge in [-0.15, -0.1) is 0 Å². The lowest BCUT2D eigenvalue weighted by molar-refractivity contribution is 0.0933. The maximum Gasteiger partial charge on any atom is 0.216 e. The van der Waals surface area contributed by atoms with Gasteiger partial charge in [0.2, 0.25) is 10.0 Å². The largest absolute Gasteiger partial charge is 0.301 e. The van der Waals surface area contributed by atoms with Gasteiger partial charge in [0.15, 0.2) is 0 Å². The smallest absolute Gasteiger partial charge is 0.216 e. The molecule has 0 aromatic carbocycles. The Bertz CT molecular complexity index is 428. The Morgan fingerprint density at radius 1 is 1.00 bits per heavy atom. The average molecular weight is 317 g/mol. The molecule has 0 radical (unpaired) electrons. The second-order valence-corrected chi connectivity index (χ2v) is 9.61.